The normalized spacial score (nSPS) is 11.4. The highest BCUT2D eigenvalue weighted by Gasteiger charge is 2.34. The fourth-order valence-electron chi connectivity index (χ4n) is 1.09. The minimum atomic E-state index is -4.56. The summed E-state index contributed by atoms with van der Waals surface area (Å²) in [4.78, 5) is 0. The summed E-state index contributed by atoms with van der Waals surface area (Å²) in [5, 5.41) is 11.5. The van der Waals surface area contributed by atoms with Crippen LogP contribution in [0.4, 0.5) is 17.6 Å². The third kappa shape index (κ3) is 2.68. The molecule has 0 bridgehead atoms. The maximum absolute atomic E-state index is 12.2. The number of hydrogen-bond acceptors (Lipinski definition) is 2. The van der Waals surface area contributed by atoms with E-state index in [4.69, 9.17) is 5.26 Å². The summed E-state index contributed by atoms with van der Waals surface area (Å²) < 4.78 is 49.5. The molecule has 0 saturated heterocycles. The number of aryl methyl sites for hydroxylation is 1. The van der Waals surface area contributed by atoms with Crippen molar-refractivity contribution in [3.05, 3.63) is 17.5 Å². The molecule has 1 aromatic rings. The Morgan fingerprint density at radius 3 is 2.60 bits per heavy atom. The number of aromatic nitrogens is 2. The quantitative estimate of drug-likeness (QED) is 0.732. The molecule has 7 heteroatoms. The van der Waals surface area contributed by atoms with Crippen LogP contribution in [-0.2, 0) is 19.1 Å². The van der Waals surface area contributed by atoms with E-state index in [2.05, 4.69) is 5.10 Å². The average Bonchev–Trinajstić information content (AvgIpc) is 2.50. The van der Waals surface area contributed by atoms with Crippen LogP contribution in [0.3, 0.4) is 0 Å². The van der Waals surface area contributed by atoms with Crippen LogP contribution in [0.25, 0.3) is 0 Å². The van der Waals surface area contributed by atoms with Gasteiger partial charge in [-0.05, 0) is 6.07 Å². The molecule has 1 rings (SSSR count). The van der Waals surface area contributed by atoms with Gasteiger partial charge in [0.15, 0.2) is 5.69 Å². The van der Waals surface area contributed by atoms with E-state index in [0.29, 0.717) is 0 Å². The van der Waals surface area contributed by atoms with Gasteiger partial charge in [0.25, 0.3) is 0 Å². The lowest BCUT2D eigenvalue weighted by Gasteiger charge is -2.01. The van der Waals surface area contributed by atoms with Gasteiger partial charge < -0.3 is 0 Å². The molecule has 0 amide bonds. The zero-order valence-corrected chi connectivity index (χ0v) is 7.55. The van der Waals surface area contributed by atoms with Crippen molar-refractivity contribution in [1.29, 1.82) is 5.26 Å². The molecule has 1 heterocycles. The summed E-state index contributed by atoms with van der Waals surface area (Å²) in [6, 6.07) is 2.46. The second-order valence-electron chi connectivity index (χ2n) is 2.77. The van der Waals surface area contributed by atoms with E-state index in [1.807, 2.05) is 0 Å². The Labute approximate surface area is 82.9 Å². The van der Waals surface area contributed by atoms with Crippen molar-refractivity contribution in [2.75, 3.05) is 6.67 Å². The average molecular weight is 221 g/mol. The molecular formula is C8H7F4N3. The maximum Gasteiger partial charge on any atom is 0.435 e. The van der Waals surface area contributed by atoms with E-state index in [1.54, 1.807) is 6.07 Å². The van der Waals surface area contributed by atoms with Crippen molar-refractivity contribution in [1.82, 2.24) is 9.78 Å². The van der Waals surface area contributed by atoms with E-state index in [0.717, 1.165) is 10.7 Å². The van der Waals surface area contributed by atoms with Crippen LogP contribution in [0.15, 0.2) is 6.07 Å². The molecule has 15 heavy (non-hydrogen) atoms. The first-order valence-corrected chi connectivity index (χ1v) is 4.06. The van der Waals surface area contributed by atoms with Crippen LogP contribution in [0.5, 0.6) is 0 Å². The molecule has 0 aliphatic heterocycles. The van der Waals surface area contributed by atoms with Gasteiger partial charge >= 0.3 is 6.18 Å². The van der Waals surface area contributed by atoms with Gasteiger partial charge in [-0.25, -0.2) is 4.39 Å². The summed E-state index contributed by atoms with van der Waals surface area (Å²) >= 11 is 0. The number of halogens is 4. The van der Waals surface area contributed by atoms with Gasteiger partial charge in [0.1, 0.15) is 6.67 Å². The first-order valence-electron chi connectivity index (χ1n) is 4.06. The zero-order valence-electron chi connectivity index (χ0n) is 7.55. The minimum absolute atomic E-state index is 0.0717. The molecule has 3 nitrogen and oxygen atoms in total. The van der Waals surface area contributed by atoms with Crippen LogP contribution in [0.2, 0.25) is 0 Å². The smallest absolute Gasteiger partial charge is 0.265 e. The van der Waals surface area contributed by atoms with Crippen molar-refractivity contribution in [3.63, 3.8) is 0 Å². The van der Waals surface area contributed by atoms with Gasteiger partial charge in [0.2, 0.25) is 0 Å². The Morgan fingerprint density at radius 2 is 2.13 bits per heavy atom. The summed E-state index contributed by atoms with van der Waals surface area (Å²) in [7, 11) is 0. The Kier molecular flexibility index (Phi) is 3.29. The Bertz CT molecular complexity index is 374. The van der Waals surface area contributed by atoms with E-state index in [9.17, 15) is 17.6 Å². The predicted molar refractivity (Wildman–Crippen MR) is 42.5 cm³/mol. The number of hydrogen-bond donors (Lipinski definition) is 0. The molecule has 0 atom stereocenters. The molecule has 0 radical (unpaired) electrons. The summed E-state index contributed by atoms with van der Waals surface area (Å²) in [6.07, 6.45) is -4.78. The van der Waals surface area contributed by atoms with Crippen LogP contribution in [-0.4, -0.2) is 16.5 Å². The molecule has 0 saturated carbocycles. The minimum Gasteiger partial charge on any atom is -0.265 e. The van der Waals surface area contributed by atoms with Crippen LogP contribution in [0, 0.1) is 11.3 Å². The van der Waals surface area contributed by atoms with Crippen molar-refractivity contribution in [2.45, 2.75) is 19.1 Å². The highest BCUT2D eigenvalue weighted by atomic mass is 19.4. The van der Waals surface area contributed by atoms with Crippen molar-refractivity contribution in [2.24, 2.45) is 0 Å². The standard InChI is InChI=1S/C8H7F4N3/c9-2-4-15-6(1-3-13)5-7(14-15)8(10,11)12/h5H,1-2,4H2. The lowest BCUT2D eigenvalue weighted by Crippen LogP contribution is -2.09. The fraction of sp³-hybridized carbons (Fsp3) is 0.500. The van der Waals surface area contributed by atoms with Crippen molar-refractivity contribution < 1.29 is 17.6 Å². The molecule has 82 valence electrons. The molecule has 0 aromatic carbocycles. The summed E-state index contributed by atoms with van der Waals surface area (Å²) in [5.74, 6) is 0. The SMILES string of the molecule is N#CCc1cc(C(F)(F)F)nn1CCF. The predicted octanol–water partition coefficient (Wildman–Crippen LogP) is 1.94. The van der Waals surface area contributed by atoms with Gasteiger partial charge in [-0.1, -0.05) is 0 Å². The molecule has 0 unspecified atom stereocenters. The van der Waals surface area contributed by atoms with E-state index in [-0.39, 0.29) is 18.7 Å². The lowest BCUT2D eigenvalue weighted by molar-refractivity contribution is -0.141. The van der Waals surface area contributed by atoms with E-state index in [1.165, 1.54) is 0 Å². The highest BCUT2D eigenvalue weighted by Crippen LogP contribution is 2.28. The first kappa shape index (κ1) is 11.5. The van der Waals surface area contributed by atoms with Crippen LogP contribution < -0.4 is 0 Å². The second-order valence-corrected chi connectivity index (χ2v) is 2.77. The number of rotatable bonds is 3. The molecule has 0 N–H and O–H groups in total. The number of nitrogens with zero attached hydrogens (tertiary/aromatic N) is 3. The van der Waals surface area contributed by atoms with E-state index < -0.39 is 18.5 Å². The van der Waals surface area contributed by atoms with Gasteiger partial charge in [-0.15, -0.1) is 0 Å². The van der Waals surface area contributed by atoms with E-state index >= 15 is 0 Å². The lowest BCUT2D eigenvalue weighted by atomic mass is 10.3. The number of alkyl halides is 4. The van der Waals surface area contributed by atoms with Crippen LogP contribution in [0.1, 0.15) is 11.4 Å². The van der Waals surface area contributed by atoms with Gasteiger partial charge in [-0.2, -0.15) is 23.5 Å². The third-order valence-corrected chi connectivity index (χ3v) is 1.71. The van der Waals surface area contributed by atoms with Gasteiger partial charge in [0.05, 0.1) is 24.7 Å². The Balaban J connectivity index is 3.04. The van der Waals surface area contributed by atoms with Crippen molar-refractivity contribution >= 4 is 0 Å². The molecular weight excluding hydrogens is 214 g/mol. The molecule has 0 aliphatic rings. The number of nitriles is 1. The largest absolute Gasteiger partial charge is 0.435 e. The maximum atomic E-state index is 12.2. The van der Waals surface area contributed by atoms with Gasteiger partial charge in [-0.3, -0.25) is 4.68 Å². The third-order valence-electron chi connectivity index (χ3n) is 1.71. The monoisotopic (exact) mass is 221 g/mol. The summed E-state index contributed by atoms with van der Waals surface area (Å²) in [6.45, 7) is -1.09. The van der Waals surface area contributed by atoms with Crippen molar-refractivity contribution in [3.8, 4) is 6.07 Å². The topological polar surface area (TPSA) is 41.6 Å². The van der Waals surface area contributed by atoms with Gasteiger partial charge in [0, 0.05) is 0 Å². The first-order chi connectivity index (χ1) is 6.99. The second kappa shape index (κ2) is 4.29. The summed E-state index contributed by atoms with van der Waals surface area (Å²) in [5.41, 5.74) is -1.02. The molecule has 1 aromatic heterocycles. The molecule has 0 fully saturated rings. The highest BCUT2D eigenvalue weighted by molar-refractivity contribution is 5.16. The fourth-order valence-corrected chi connectivity index (χ4v) is 1.09. The van der Waals surface area contributed by atoms with Crippen LogP contribution >= 0.6 is 0 Å². The Morgan fingerprint density at radius 1 is 1.47 bits per heavy atom. The zero-order chi connectivity index (χ0) is 11.5. The Hall–Kier alpha value is -1.58. The molecule has 0 spiro atoms. The molecule has 0 aliphatic carbocycles.